The minimum absolute atomic E-state index is 0.310. The fourth-order valence-electron chi connectivity index (χ4n) is 4.82. The van der Waals surface area contributed by atoms with Crippen molar-refractivity contribution in [1.29, 1.82) is 0 Å². The zero-order chi connectivity index (χ0) is 22.8. The van der Waals surface area contributed by atoms with Gasteiger partial charge in [0.25, 0.3) is 0 Å². The lowest BCUT2D eigenvalue weighted by Gasteiger charge is -2.25. The Kier molecular flexibility index (Phi) is 6.01. The molecule has 33 heavy (non-hydrogen) atoms. The van der Waals surface area contributed by atoms with Gasteiger partial charge in [0.15, 0.2) is 0 Å². The first-order valence-electron chi connectivity index (χ1n) is 11.6. The second-order valence-electron chi connectivity index (χ2n) is 8.85. The first kappa shape index (κ1) is 21.5. The summed E-state index contributed by atoms with van der Waals surface area (Å²) in [5.74, 6) is 0.893. The van der Waals surface area contributed by atoms with Crippen LogP contribution < -0.4 is 10.1 Å². The highest BCUT2D eigenvalue weighted by molar-refractivity contribution is 5.46. The molecule has 2 aromatic carbocycles. The quantitative estimate of drug-likeness (QED) is 0.443. The van der Waals surface area contributed by atoms with Crippen molar-refractivity contribution >= 4 is 0 Å². The molecular weight excluding hydrogens is 410 g/mol. The molecule has 0 saturated carbocycles. The minimum Gasteiger partial charge on any atom is -0.496 e. The fraction of sp³-hybridized carbons (Fsp3) is 0.333. The van der Waals surface area contributed by atoms with Gasteiger partial charge in [-0.25, -0.2) is 4.68 Å². The third-order valence-corrected chi connectivity index (χ3v) is 6.78. The Morgan fingerprint density at radius 3 is 2.85 bits per heavy atom. The average Bonchev–Trinajstić information content (AvgIpc) is 3.50. The van der Waals surface area contributed by atoms with E-state index >= 15 is 0 Å². The molecule has 0 saturated heterocycles. The van der Waals surface area contributed by atoms with Gasteiger partial charge in [-0.2, -0.15) is 10.2 Å². The number of ether oxygens (including phenoxy) is 1. The van der Waals surface area contributed by atoms with Gasteiger partial charge in [-0.1, -0.05) is 18.2 Å². The Morgan fingerprint density at radius 2 is 2.03 bits per heavy atom. The molecule has 6 heteroatoms. The van der Waals surface area contributed by atoms with Crippen LogP contribution in [0.25, 0.3) is 5.69 Å². The second kappa shape index (κ2) is 9.24. The summed E-state index contributed by atoms with van der Waals surface area (Å²) in [6, 6.07) is 15.1. The van der Waals surface area contributed by atoms with E-state index in [0.29, 0.717) is 12.6 Å². The number of benzene rings is 2. The Hall–Kier alpha value is -3.38. The third-order valence-electron chi connectivity index (χ3n) is 6.78. The van der Waals surface area contributed by atoms with Gasteiger partial charge in [0, 0.05) is 41.8 Å². The molecule has 0 radical (unpaired) electrons. The van der Waals surface area contributed by atoms with E-state index in [1.165, 1.54) is 33.6 Å². The first-order valence-corrected chi connectivity index (χ1v) is 11.6. The number of rotatable bonds is 7. The second-order valence-corrected chi connectivity index (χ2v) is 8.85. The van der Waals surface area contributed by atoms with Gasteiger partial charge in [0.2, 0.25) is 0 Å². The molecule has 0 bridgehead atoms. The van der Waals surface area contributed by atoms with Crippen LogP contribution in [0.5, 0.6) is 5.75 Å². The molecule has 2 heterocycles. The molecule has 1 aliphatic rings. The number of hydrogen-bond acceptors (Lipinski definition) is 4. The molecule has 1 aliphatic carbocycles. The Balaban J connectivity index is 1.35. The summed E-state index contributed by atoms with van der Waals surface area (Å²) in [6.07, 6.45) is 9.19. The molecule has 170 valence electrons. The van der Waals surface area contributed by atoms with E-state index in [0.717, 1.165) is 37.1 Å². The largest absolute Gasteiger partial charge is 0.496 e. The number of aromatic nitrogens is 4. The number of aryl methyl sites for hydroxylation is 1. The zero-order valence-electron chi connectivity index (χ0n) is 19.6. The van der Waals surface area contributed by atoms with Gasteiger partial charge in [-0.05, 0) is 74.1 Å². The molecule has 1 unspecified atom stereocenters. The van der Waals surface area contributed by atoms with Crippen molar-refractivity contribution in [2.24, 2.45) is 0 Å². The Labute approximate surface area is 195 Å². The summed E-state index contributed by atoms with van der Waals surface area (Å²) in [4.78, 5) is 0. The molecular formula is C27H31N5O. The molecule has 0 spiro atoms. The zero-order valence-corrected chi connectivity index (χ0v) is 19.6. The van der Waals surface area contributed by atoms with Gasteiger partial charge in [-0.3, -0.25) is 4.68 Å². The third kappa shape index (κ3) is 4.31. The summed E-state index contributed by atoms with van der Waals surface area (Å²) >= 11 is 0. The molecule has 0 fully saturated rings. The smallest absolute Gasteiger partial charge is 0.123 e. The van der Waals surface area contributed by atoms with Crippen molar-refractivity contribution in [1.82, 2.24) is 24.9 Å². The van der Waals surface area contributed by atoms with Crippen LogP contribution in [-0.4, -0.2) is 26.7 Å². The predicted molar refractivity (Wildman–Crippen MR) is 130 cm³/mol. The number of fused-ring (bicyclic) bond motifs is 1. The fourth-order valence-corrected chi connectivity index (χ4v) is 4.82. The first-order chi connectivity index (χ1) is 16.1. The summed E-state index contributed by atoms with van der Waals surface area (Å²) < 4.78 is 9.65. The highest BCUT2D eigenvalue weighted by atomic mass is 16.5. The van der Waals surface area contributed by atoms with Crippen LogP contribution in [-0.2, 0) is 19.5 Å². The molecule has 1 N–H and O–H groups in total. The average molecular weight is 442 g/mol. The predicted octanol–water partition coefficient (Wildman–Crippen LogP) is 4.91. The van der Waals surface area contributed by atoms with Gasteiger partial charge in [0.1, 0.15) is 5.75 Å². The number of nitrogens with zero attached hydrogens (tertiary/aromatic N) is 4. The van der Waals surface area contributed by atoms with Crippen LogP contribution in [0.4, 0.5) is 0 Å². The van der Waals surface area contributed by atoms with E-state index in [9.17, 15) is 0 Å². The van der Waals surface area contributed by atoms with Crippen LogP contribution in [0.3, 0.4) is 0 Å². The van der Waals surface area contributed by atoms with Gasteiger partial charge >= 0.3 is 0 Å². The Morgan fingerprint density at radius 1 is 1.12 bits per heavy atom. The monoisotopic (exact) mass is 441 g/mol. The normalized spacial score (nSPS) is 15.4. The Bertz CT molecular complexity index is 1240. The highest BCUT2D eigenvalue weighted by Crippen LogP contribution is 2.32. The van der Waals surface area contributed by atoms with Crippen LogP contribution in [0, 0.1) is 13.8 Å². The maximum absolute atomic E-state index is 5.58. The van der Waals surface area contributed by atoms with Crippen LogP contribution in [0.15, 0.2) is 61.1 Å². The van der Waals surface area contributed by atoms with Crippen molar-refractivity contribution in [3.05, 3.63) is 94.6 Å². The van der Waals surface area contributed by atoms with Crippen molar-refractivity contribution in [2.75, 3.05) is 7.11 Å². The number of methoxy groups -OCH3 is 1. The molecule has 1 atom stereocenters. The standard InChI is InChI=1S/C27H31N5O/c1-19-7-4-9-25(20(19)2)32-26-10-5-8-24(23(26)17-30-32)28-16-21-11-12-27(33-3)22(15-21)18-31-14-6-13-29-31/h4,6-7,9,11-15,17,24,28H,5,8,10,16,18H2,1-3H3. The maximum atomic E-state index is 5.58. The van der Waals surface area contributed by atoms with Crippen LogP contribution >= 0.6 is 0 Å². The molecule has 5 rings (SSSR count). The lowest BCUT2D eigenvalue weighted by Crippen LogP contribution is -2.25. The topological polar surface area (TPSA) is 56.9 Å². The molecule has 2 aromatic heterocycles. The summed E-state index contributed by atoms with van der Waals surface area (Å²) in [5.41, 5.74) is 8.82. The summed E-state index contributed by atoms with van der Waals surface area (Å²) in [5, 5.41) is 12.9. The van der Waals surface area contributed by atoms with Crippen LogP contribution in [0.2, 0.25) is 0 Å². The van der Waals surface area contributed by atoms with Gasteiger partial charge in [-0.15, -0.1) is 0 Å². The lowest BCUT2D eigenvalue weighted by atomic mass is 9.92. The maximum Gasteiger partial charge on any atom is 0.123 e. The van der Waals surface area contributed by atoms with Crippen molar-refractivity contribution < 1.29 is 4.74 Å². The molecule has 4 aromatic rings. The van der Waals surface area contributed by atoms with Crippen molar-refractivity contribution in [2.45, 2.75) is 52.2 Å². The molecule has 0 amide bonds. The molecule has 6 nitrogen and oxygen atoms in total. The summed E-state index contributed by atoms with van der Waals surface area (Å²) in [6.45, 7) is 5.84. The van der Waals surface area contributed by atoms with E-state index in [1.54, 1.807) is 13.3 Å². The minimum atomic E-state index is 0.310. The van der Waals surface area contributed by atoms with Crippen LogP contribution in [0.1, 0.15) is 52.4 Å². The van der Waals surface area contributed by atoms with E-state index < -0.39 is 0 Å². The van der Waals surface area contributed by atoms with E-state index in [2.05, 4.69) is 71.5 Å². The number of hydrogen-bond donors (Lipinski definition) is 1. The van der Waals surface area contributed by atoms with E-state index in [-0.39, 0.29) is 0 Å². The summed E-state index contributed by atoms with van der Waals surface area (Å²) in [7, 11) is 1.72. The SMILES string of the molecule is COc1ccc(CNC2CCCc3c2cnn3-c2cccc(C)c2C)cc1Cn1cccn1. The van der Waals surface area contributed by atoms with Crippen molar-refractivity contribution in [3.8, 4) is 11.4 Å². The number of nitrogens with one attached hydrogen (secondary N) is 1. The van der Waals surface area contributed by atoms with E-state index in [1.807, 2.05) is 16.9 Å². The molecule has 0 aliphatic heterocycles. The lowest BCUT2D eigenvalue weighted by molar-refractivity contribution is 0.406. The highest BCUT2D eigenvalue weighted by Gasteiger charge is 2.25. The van der Waals surface area contributed by atoms with E-state index in [4.69, 9.17) is 9.84 Å². The van der Waals surface area contributed by atoms with Gasteiger partial charge in [0.05, 0.1) is 25.5 Å². The van der Waals surface area contributed by atoms with Gasteiger partial charge < -0.3 is 10.1 Å². The van der Waals surface area contributed by atoms with Crippen molar-refractivity contribution in [3.63, 3.8) is 0 Å².